The van der Waals surface area contributed by atoms with Crippen LogP contribution in [0.25, 0.3) is 11.1 Å². The third-order valence-electron chi connectivity index (χ3n) is 7.01. The van der Waals surface area contributed by atoms with Crippen molar-refractivity contribution >= 4 is 0 Å². The average molecular weight is 438 g/mol. The summed E-state index contributed by atoms with van der Waals surface area (Å²) in [6.07, 6.45) is 14.5. The molecule has 0 aliphatic heterocycles. The van der Waals surface area contributed by atoms with Crippen LogP contribution in [0.5, 0.6) is 11.6 Å². The Hall–Kier alpha value is -2.14. The Labute approximate surface area is 193 Å². The van der Waals surface area contributed by atoms with Gasteiger partial charge in [-0.1, -0.05) is 31.9 Å². The minimum atomic E-state index is 0.231. The summed E-state index contributed by atoms with van der Waals surface area (Å²) >= 11 is 0. The largest absolute Gasteiger partial charge is 0.490 e. The zero-order chi connectivity index (χ0) is 22.2. The van der Waals surface area contributed by atoms with Gasteiger partial charge in [0.05, 0.1) is 11.8 Å². The zero-order valence-corrected chi connectivity index (χ0v) is 19.8. The molecule has 32 heavy (non-hydrogen) atoms. The number of unbranched alkanes of at least 4 members (excludes halogenated alkanes) is 1. The monoisotopic (exact) mass is 437 g/mol. The highest BCUT2D eigenvalue weighted by molar-refractivity contribution is 5.67. The molecule has 2 saturated carbocycles. The molecule has 1 aromatic heterocycles. The first kappa shape index (κ1) is 23.0. The molecular formula is C27H39N3O2. The number of hydrogen-bond acceptors (Lipinski definition) is 5. The van der Waals surface area contributed by atoms with E-state index in [9.17, 15) is 0 Å². The van der Waals surface area contributed by atoms with E-state index in [2.05, 4.69) is 52.8 Å². The molecule has 0 spiro atoms. The van der Waals surface area contributed by atoms with Gasteiger partial charge in [-0.05, 0) is 89.0 Å². The Morgan fingerprint density at radius 2 is 1.59 bits per heavy atom. The van der Waals surface area contributed by atoms with Crippen LogP contribution in [0.1, 0.15) is 83.2 Å². The van der Waals surface area contributed by atoms with Crippen LogP contribution in [0.4, 0.5) is 0 Å². The first-order valence-electron chi connectivity index (χ1n) is 12.7. The van der Waals surface area contributed by atoms with Crippen LogP contribution >= 0.6 is 0 Å². The molecule has 1 heterocycles. The van der Waals surface area contributed by atoms with Crippen molar-refractivity contribution in [2.45, 2.75) is 102 Å². The topological polar surface area (TPSA) is 56.3 Å². The summed E-state index contributed by atoms with van der Waals surface area (Å²) < 4.78 is 12.5. The molecule has 0 bridgehead atoms. The van der Waals surface area contributed by atoms with E-state index in [-0.39, 0.29) is 6.10 Å². The first-order chi connectivity index (χ1) is 15.7. The van der Waals surface area contributed by atoms with Crippen molar-refractivity contribution in [1.29, 1.82) is 0 Å². The standard InChI is InChI=1S/C27H39N3O2/c1-3-4-10-26-25(19-27(30-29-26)32-24-17-13-21(28-2)14-18-24)20-11-15-23(16-12-20)31-22-8-6-5-7-9-22/h11-12,15-16,19,21-22,24,28H,3-10,13-14,17-18H2,1-2H3. The van der Waals surface area contributed by atoms with Crippen LogP contribution < -0.4 is 14.8 Å². The van der Waals surface area contributed by atoms with Crippen molar-refractivity contribution in [1.82, 2.24) is 15.5 Å². The highest BCUT2D eigenvalue weighted by Gasteiger charge is 2.22. The summed E-state index contributed by atoms with van der Waals surface area (Å²) in [5.41, 5.74) is 3.35. The molecule has 0 unspecified atom stereocenters. The molecule has 0 radical (unpaired) electrons. The predicted molar refractivity (Wildman–Crippen MR) is 129 cm³/mol. The number of hydrogen-bond donors (Lipinski definition) is 1. The smallest absolute Gasteiger partial charge is 0.234 e. The molecule has 4 rings (SSSR count). The van der Waals surface area contributed by atoms with Crippen molar-refractivity contribution in [3.63, 3.8) is 0 Å². The molecule has 2 aromatic rings. The van der Waals surface area contributed by atoms with Gasteiger partial charge >= 0.3 is 0 Å². The summed E-state index contributed by atoms with van der Waals surface area (Å²) in [5.74, 6) is 1.62. The number of rotatable bonds is 9. The summed E-state index contributed by atoms with van der Waals surface area (Å²) in [7, 11) is 2.05. The van der Waals surface area contributed by atoms with Gasteiger partial charge in [0.25, 0.3) is 0 Å². The van der Waals surface area contributed by atoms with Crippen LogP contribution in [0, 0.1) is 0 Å². The number of aryl methyl sites for hydroxylation is 1. The molecule has 2 aliphatic rings. The van der Waals surface area contributed by atoms with E-state index in [4.69, 9.17) is 9.47 Å². The lowest BCUT2D eigenvalue weighted by Gasteiger charge is -2.28. The zero-order valence-electron chi connectivity index (χ0n) is 19.8. The van der Waals surface area contributed by atoms with Gasteiger partial charge in [-0.3, -0.25) is 0 Å². The second-order valence-corrected chi connectivity index (χ2v) is 9.43. The maximum absolute atomic E-state index is 6.27. The van der Waals surface area contributed by atoms with E-state index >= 15 is 0 Å². The van der Waals surface area contributed by atoms with E-state index in [1.165, 1.54) is 32.1 Å². The fourth-order valence-corrected chi connectivity index (χ4v) is 4.96. The lowest BCUT2D eigenvalue weighted by Crippen LogP contribution is -2.34. The normalized spacial score (nSPS) is 21.9. The first-order valence-corrected chi connectivity index (χ1v) is 12.7. The summed E-state index contributed by atoms with van der Waals surface area (Å²) in [5, 5.41) is 12.4. The molecule has 174 valence electrons. The maximum Gasteiger partial charge on any atom is 0.234 e. The van der Waals surface area contributed by atoms with Gasteiger partial charge in [0.15, 0.2) is 0 Å². The fraction of sp³-hybridized carbons (Fsp3) is 0.630. The molecule has 2 fully saturated rings. The SMILES string of the molecule is CCCCc1nnc(OC2CCC(NC)CC2)cc1-c1ccc(OC2CCCCC2)cc1. The Kier molecular flexibility index (Phi) is 8.38. The van der Waals surface area contributed by atoms with Crippen molar-refractivity contribution in [2.75, 3.05) is 7.05 Å². The molecule has 1 aromatic carbocycles. The third-order valence-corrected chi connectivity index (χ3v) is 7.01. The Morgan fingerprint density at radius 3 is 2.28 bits per heavy atom. The minimum Gasteiger partial charge on any atom is -0.490 e. The molecule has 0 saturated heterocycles. The quantitative estimate of drug-likeness (QED) is 0.513. The van der Waals surface area contributed by atoms with Crippen LogP contribution in [-0.2, 0) is 6.42 Å². The number of nitrogens with one attached hydrogen (secondary N) is 1. The average Bonchev–Trinajstić information content (AvgIpc) is 2.85. The Bertz CT molecular complexity index is 825. The van der Waals surface area contributed by atoms with Crippen molar-refractivity contribution < 1.29 is 9.47 Å². The van der Waals surface area contributed by atoms with Gasteiger partial charge in [-0.15, -0.1) is 5.10 Å². The van der Waals surface area contributed by atoms with Crippen LogP contribution in [0.2, 0.25) is 0 Å². The molecule has 0 atom stereocenters. The van der Waals surface area contributed by atoms with Gasteiger partial charge in [-0.25, -0.2) is 0 Å². The van der Waals surface area contributed by atoms with Crippen LogP contribution in [0.3, 0.4) is 0 Å². The van der Waals surface area contributed by atoms with E-state index in [1.807, 2.05) is 7.05 Å². The van der Waals surface area contributed by atoms with Crippen molar-refractivity contribution in [3.8, 4) is 22.8 Å². The molecule has 2 aliphatic carbocycles. The highest BCUT2D eigenvalue weighted by Crippen LogP contribution is 2.31. The summed E-state index contributed by atoms with van der Waals surface area (Å²) in [4.78, 5) is 0. The van der Waals surface area contributed by atoms with E-state index in [1.54, 1.807) is 0 Å². The van der Waals surface area contributed by atoms with Crippen molar-refractivity contribution in [3.05, 3.63) is 36.0 Å². The second-order valence-electron chi connectivity index (χ2n) is 9.43. The van der Waals surface area contributed by atoms with Crippen LogP contribution in [-0.4, -0.2) is 35.5 Å². The third kappa shape index (κ3) is 6.22. The van der Waals surface area contributed by atoms with E-state index in [0.717, 1.165) is 67.5 Å². The summed E-state index contributed by atoms with van der Waals surface area (Å²) in [6.45, 7) is 2.21. The predicted octanol–water partition coefficient (Wildman–Crippen LogP) is 6.11. The lowest BCUT2D eigenvalue weighted by molar-refractivity contribution is 0.134. The van der Waals surface area contributed by atoms with Gasteiger partial charge < -0.3 is 14.8 Å². The lowest BCUT2D eigenvalue weighted by atomic mass is 9.93. The van der Waals surface area contributed by atoms with E-state index < -0.39 is 0 Å². The van der Waals surface area contributed by atoms with Gasteiger partial charge in [-0.2, -0.15) is 5.10 Å². The summed E-state index contributed by atoms with van der Waals surface area (Å²) in [6, 6.07) is 11.2. The molecule has 5 nitrogen and oxygen atoms in total. The number of benzene rings is 1. The molecule has 0 amide bonds. The highest BCUT2D eigenvalue weighted by atomic mass is 16.5. The molecule has 1 N–H and O–H groups in total. The van der Waals surface area contributed by atoms with Gasteiger partial charge in [0.1, 0.15) is 11.9 Å². The Balaban J connectivity index is 1.48. The number of aromatic nitrogens is 2. The maximum atomic E-state index is 6.27. The van der Waals surface area contributed by atoms with Crippen LogP contribution in [0.15, 0.2) is 30.3 Å². The number of nitrogens with zero attached hydrogens (tertiary/aromatic N) is 2. The van der Waals surface area contributed by atoms with Gasteiger partial charge in [0, 0.05) is 17.7 Å². The minimum absolute atomic E-state index is 0.231. The fourth-order valence-electron chi connectivity index (χ4n) is 4.96. The van der Waals surface area contributed by atoms with Gasteiger partial charge in [0.2, 0.25) is 5.88 Å². The Morgan fingerprint density at radius 1 is 0.875 bits per heavy atom. The second kappa shape index (κ2) is 11.6. The van der Waals surface area contributed by atoms with Crippen molar-refractivity contribution in [2.24, 2.45) is 0 Å². The van der Waals surface area contributed by atoms with E-state index in [0.29, 0.717) is 18.0 Å². The molecule has 5 heteroatoms. The molecular weight excluding hydrogens is 398 g/mol. The number of ether oxygens (including phenoxy) is 2.